The Morgan fingerprint density at radius 2 is 1.94 bits per heavy atom. The molecule has 2 aliphatic rings. The number of ether oxygens (including phenoxy) is 1. The van der Waals surface area contributed by atoms with Crippen molar-refractivity contribution in [1.82, 2.24) is 9.88 Å². The minimum Gasteiger partial charge on any atom is -0.507 e. The van der Waals surface area contributed by atoms with E-state index in [9.17, 15) is 14.7 Å². The average molecular weight is 426 g/mol. The Balaban J connectivity index is 1.62. The summed E-state index contributed by atoms with van der Waals surface area (Å²) in [6.45, 7) is 2.23. The lowest BCUT2D eigenvalue weighted by molar-refractivity contribution is -0.140. The third-order valence-corrected chi connectivity index (χ3v) is 5.91. The minimum atomic E-state index is -0.729. The molecule has 2 atom stereocenters. The molecule has 1 saturated heterocycles. The summed E-state index contributed by atoms with van der Waals surface area (Å²) >= 11 is 0. The van der Waals surface area contributed by atoms with E-state index in [0.29, 0.717) is 11.1 Å². The van der Waals surface area contributed by atoms with Crippen LogP contribution in [0.15, 0.2) is 78.6 Å². The van der Waals surface area contributed by atoms with Crippen molar-refractivity contribution in [2.45, 2.75) is 32.0 Å². The Morgan fingerprint density at radius 1 is 1.12 bits per heavy atom. The number of ketones is 1. The molecule has 1 fully saturated rings. The van der Waals surface area contributed by atoms with Gasteiger partial charge in [0.15, 0.2) is 0 Å². The van der Waals surface area contributed by atoms with Gasteiger partial charge in [-0.1, -0.05) is 36.4 Å². The first-order valence-electron chi connectivity index (χ1n) is 10.5. The molecule has 0 bridgehead atoms. The SMILES string of the molecule is C[C@@H]1Cc2cc(C(O)=C3C(=O)C(=O)N(Cc4ccccc4)[C@@H]3c3cccnc3)ccc2O1. The molecule has 6 nitrogen and oxygen atoms in total. The zero-order valence-corrected chi connectivity index (χ0v) is 17.6. The molecule has 160 valence electrons. The van der Waals surface area contributed by atoms with Gasteiger partial charge in [0.05, 0.1) is 11.6 Å². The fourth-order valence-electron chi connectivity index (χ4n) is 4.43. The normalized spacial score (nSPS) is 21.5. The number of carbonyl (C=O) groups excluding carboxylic acids is 2. The van der Waals surface area contributed by atoms with Crippen LogP contribution in [0.4, 0.5) is 0 Å². The maximum Gasteiger partial charge on any atom is 0.295 e. The van der Waals surface area contributed by atoms with Gasteiger partial charge in [-0.15, -0.1) is 0 Å². The molecule has 6 heteroatoms. The molecule has 0 spiro atoms. The third kappa shape index (κ3) is 3.43. The summed E-state index contributed by atoms with van der Waals surface area (Å²) < 4.78 is 5.74. The Morgan fingerprint density at radius 3 is 2.69 bits per heavy atom. The molecule has 5 rings (SSSR count). The van der Waals surface area contributed by atoms with Gasteiger partial charge in [-0.25, -0.2) is 0 Å². The highest BCUT2D eigenvalue weighted by molar-refractivity contribution is 6.46. The number of hydrogen-bond acceptors (Lipinski definition) is 5. The van der Waals surface area contributed by atoms with Crippen LogP contribution in [0.25, 0.3) is 5.76 Å². The van der Waals surface area contributed by atoms with Gasteiger partial charge >= 0.3 is 0 Å². The van der Waals surface area contributed by atoms with Crippen LogP contribution in [0.2, 0.25) is 0 Å². The molecule has 1 amide bonds. The molecule has 32 heavy (non-hydrogen) atoms. The molecule has 0 unspecified atom stereocenters. The van der Waals surface area contributed by atoms with Crippen LogP contribution in [0, 0.1) is 0 Å². The summed E-state index contributed by atoms with van der Waals surface area (Å²) in [5, 5.41) is 11.2. The number of aliphatic hydroxyl groups excluding tert-OH is 1. The number of Topliss-reactive ketones (excluding diaryl/α,β-unsaturated/α-hetero) is 1. The molecule has 1 aromatic heterocycles. The van der Waals surface area contributed by atoms with E-state index < -0.39 is 17.7 Å². The van der Waals surface area contributed by atoms with Gasteiger partial charge in [0.1, 0.15) is 17.6 Å². The lowest BCUT2D eigenvalue weighted by Gasteiger charge is -2.25. The molecule has 2 aromatic carbocycles. The largest absolute Gasteiger partial charge is 0.507 e. The molecule has 0 saturated carbocycles. The van der Waals surface area contributed by atoms with E-state index in [1.165, 1.54) is 4.90 Å². The first-order valence-corrected chi connectivity index (χ1v) is 10.5. The number of aromatic nitrogens is 1. The van der Waals surface area contributed by atoms with Crippen molar-refractivity contribution in [3.8, 4) is 5.75 Å². The number of pyridine rings is 1. The summed E-state index contributed by atoms with van der Waals surface area (Å²) in [6, 6.07) is 17.7. The molecule has 2 aliphatic heterocycles. The smallest absolute Gasteiger partial charge is 0.295 e. The molecular formula is C26H22N2O4. The quantitative estimate of drug-likeness (QED) is 0.387. The molecule has 3 heterocycles. The predicted molar refractivity (Wildman–Crippen MR) is 119 cm³/mol. The van der Waals surface area contributed by atoms with Gasteiger partial charge in [0, 0.05) is 30.9 Å². The number of carbonyl (C=O) groups is 2. The molecule has 3 aromatic rings. The summed E-state index contributed by atoms with van der Waals surface area (Å²) in [7, 11) is 0. The maximum atomic E-state index is 13.1. The summed E-state index contributed by atoms with van der Waals surface area (Å²) in [5.41, 5.74) is 3.10. The Labute approximate surface area is 185 Å². The van der Waals surface area contributed by atoms with Crippen molar-refractivity contribution >= 4 is 17.4 Å². The standard InChI is InChI=1S/C26H22N2O4/c1-16-12-20-13-18(9-10-21(20)32-16)24(29)22-23(19-8-5-11-27-14-19)28(26(31)25(22)30)15-17-6-3-2-4-7-17/h2-11,13-14,16,23,29H,12,15H2,1H3/t16-,23-/m1/s1. The lowest BCUT2D eigenvalue weighted by atomic mass is 9.95. The molecule has 0 aliphatic carbocycles. The van der Waals surface area contributed by atoms with Gasteiger partial charge in [-0.3, -0.25) is 14.6 Å². The van der Waals surface area contributed by atoms with Crippen molar-refractivity contribution in [2.24, 2.45) is 0 Å². The lowest BCUT2D eigenvalue weighted by Crippen LogP contribution is -2.29. The first-order chi connectivity index (χ1) is 15.5. The second-order valence-corrected chi connectivity index (χ2v) is 8.15. The number of likely N-dealkylation sites (tertiary alicyclic amines) is 1. The number of nitrogens with zero attached hydrogens (tertiary/aromatic N) is 2. The number of fused-ring (bicyclic) bond motifs is 1. The Hall–Kier alpha value is -3.93. The van der Waals surface area contributed by atoms with Gasteiger partial charge < -0.3 is 14.7 Å². The summed E-state index contributed by atoms with van der Waals surface area (Å²) in [4.78, 5) is 31.9. The maximum absolute atomic E-state index is 13.1. The van der Waals surface area contributed by atoms with E-state index >= 15 is 0 Å². The predicted octanol–water partition coefficient (Wildman–Crippen LogP) is 4.03. The summed E-state index contributed by atoms with van der Waals surface area (Å²) in [6.07, 6.45) is 4.05. The number of rotatable bonds is 4. The van der Waals surface area contributed by atoms with Crippen LogP contribution in [0.5, 0.6) is 5.75 Å². The van der Waals surface area contributed by atoms with Gasteiger partial charge in [0.2, 0.25) is 0 Å². The zero-order valence-electron chi connectivity index (χ0n) is 17.6. The van der Waals surface area contributed by atoms with E-state index in [4.69, 9.17) is 4.74 Å². The minimum absolute atomic E-state index is 0.0641. The fraction of sp³-hybridized carbons (Fsp3) is 0.192. The van der Waals surface area contributed by atoms with Crippen molar-refractivity contribution < 1.29 is 19.4 Å². The van der Waals surface area contributed by atoms with E-state index in [1.54, 1.807) is 30.6 Å². The molecular weight excluding hydrogens is 404 g/mol. The van der Waals surface area contributed by atoms with Crippen molar-refractivity contribution in [3.63, 3.8) is 0 Å². The Kier molecular flexibility index (Phi) is 4.98. The van der Waals surface area contributed by atoms with E-state index in [0.717, 1.165) is 23.3 Å². The van der Waals surface area contributed by atoms with Crippen LogP contribution < -0.4 is 4.74 Å². The molecule has 0 radical (unpaired) electrons. The van der Waals surface area contributed by atoms with Gasteiger partial charge in [-0.2, -0.15) is 0 Å². The van der Waals surface area contributed by atoms with Crippen LogP contribution in [0.3, 0.4) is 0 Å². The van der Waals surface area contributed by atoms with Crippen LogP contribution in [-0.2, 0) is 22.6 Å². The van der Waals surface area contributed by atoms with E-state index in [2.05, 4.69) is 4.98 Å². The van der Waals surface area contributed by atoms with Gasteiger partial charge in [-0.05, 0) is 47.9 Å². The second-order valence-electron chi connectivity index (χ2n) is 8.15. The van der Waals surface area contributed by atoms with Crippen LogP contribution >= 0.6 is 0 Å². The first kappa shape index (κ1) is 20.0. The van der Waals surface area contributed by atoms with E-state index in [-0.39, 0.29) is 24.0 Å². The highest BCUT2D eigenvalue weighted by Crippen LogP contribution is 2.41. The highest BCUT2D eigenvalue weighted by Gasteiger charge is 2.46. The summed E-state index contributed by atoms with van der Waals surface area (Å²) in [5.74, 6) is -0.739. The topological polar surface area (TPSA) is 79.7 Å². The number of aliphatic hydroxyl groups is 1. The zero-order chi connectivity index (χ0) is 22.2. The van der Waals surface area contributed by atoms with Crippen LogP contribution in [-0.4, -0.2) is 32.8 Å². The van der Waals surface area contributed by atoms with Crippen molar-refractivity contribution in [3.05, 3.63) is 101 Å². The van der Waals surface area contributed by atoms with Crippen LogP contribution in [0.1, 0.15) is 35.2 Å². The monoisotopic (exact) mass is 426 g/mol. The molecule has 1 N–H and O–H groups in total. The van der Waals surface area contributed by atoms with Gasteiger partial charge in [0.25, 0.3) is 11.7 Å². The number of benzene rings is 2. The van der Waals surface area contributed by atoms with E-state index in [1.807, 2.05) is 49.4 Å². The van der Waals surface area contributed by atoms with Crippen molar-refractivity contribution in [1.29, 1.82) is 0 Å². The van der Waals surface area contributed by atoms with Crippen molar-refractivity contribution in [2.75, 3.05) is 0 Å². The number of amides is 1. The fourth-order valence-corrected chi connectivity index (χ4v) is 4.43. The third-order valence-electron chi connectivity index (χ3n) is 5.91. The average Bonchev–Trinajstić information content (AvgIpc) is 3.31. The highest BCUT2D eigenvalue weighted by atomic mass is 16.5. The number of hydrogen-bond donors (Lipinski definition) is 1. The second kappa shape index (κ2) is 7.96. The Bertz CT molecular complexity index is 1220.